The number of aliphatic hydroxyl groups is 1. The van der Waals surface area contributed by atoms with Crippen molar-refractivity contribution in [3.63, 3.8) is 0 Å². The number of Topliss-reactive ketones (excluding diaryl/α,β-unsaturated/α-hetero) is 1. The topological polar surface area (TPSA) is 101 Å². The van der Waals surface area contributed by atoms with Gasteiger partial charge in [-0.05, 0) is 76.7 Å². The highest BCUT2D eigenvalue weighted by Gasteiger charge is 2.56. The zero-order valence-electron chi connectivity index (χ0n) is 20.6. The Morgan fingerprint density at radius 1 is 0.974 bits per heavy atom. The van der Waals surface area contributed by atoms with E-state index in [2.05, 4.69) is 15.9 Å². The van der Waals surface area contributed by atoms with Crippen molar-refractivity contribution in [3.8, 4) is 5.75 Å². The standard InChI is InChI=1S/C30H23BrClNO6/c31-23-14-24(35)27-22(28(23)36)13-21-19(25(27)15-1-7-18(8-2-15)39-12-11-34)9-10-20-26(21)30(38)33(29(20)37)17-5-3-16(32)4-6-17/h1-9,14,20-21,25-26,34H,10-13H2/t20-,21+,25-,26-/m0/s1. The summed E-state index contributed by atoms with van der Waals surface area (Å²) in [6.45, 7) is 0.0375. The first-order valence-corrected chi connectivity index (χ1v) is 13.8. The maximum absolute atomic E-state index is 13.9. The molecule has 1 heterocycles. The van der Waals surface area contributed by atoms with Gasteiger partial charge in [0, 0.05) is 28.2 Å². The van der Waals surface area contributed by atoms with Crippen molar-refractivity contribution in [2.45, 2.75) is 18.8 Å². The molecule has 6 rings (SSSR count). The second kappa shape index (κ2) is 10.0. The van der Waals surface area contributed by atoms with E-state index in [9.17, 15) is 19.2 Å². The van der Waals surface area contributed by atoms with Gasteiger partial charge in [0.2, 0.25) is 11.8 Å². The Balaban J connectivity index is 1.43. The fourth-order valence-electron chi connectivity index (χ4n) is 6.35. The highest BCUT2D eigenvalue weighted by atomic mass is 79.9. The summed E-state index contributed by atoms with van der Waals surface area (Å²) < 4.78 is 5.69. The van der Waals surface area contributed by atoms with Crippen LogP contribution in [0.1, 0.15) is 24.3 Å². The Morgan fingerprint density at radius 3 is 2.38 bits per heavy atom. The summed E-state index contributed by atoms with van der Waals surface area (Å²) in [5.41, 5.74) is 2.93. The van der Waals surface area contributed by atoms with Gasteiger partial charge in [-0.25, -0.2) is 0 Å². The summed E-state index contributed by atoms with van der Waals surface area (Å²) in [4.78, 5) is 55.2. The first kappa shape index (κ1) is 25.9. The van der Waals surface area contributed by atoms with Crippen LogP contribution in [0, 0.1) is 17.8 Å². The first-order valence-electron chi connectivity index (χ1n) is 12.7. The van der Waals surface area contributed by atoms with Crippen molar-refractivity contribution in [1.29, 1.82) is 0 Å². The summed E-state index contributed by atoms with van der Waals surface area (Å²) in [6, 6.07) is 13.8. The molecule has 0 saturated carbocycles. The van der Waals surface area contributed by atoms with Crippen molar-refractivity contribution in [2.75, 3.05) is 18.1 Å². The van der Waals surface area contributed by atoms with Crippen LogP contribution in [-0.4, -0.2) is 41.7 Å². The van der Waals surface area contributed by atoms with Crippen LogP contribution in [0.4, 0.5) is 5.69 Å². The van der Waals surface area contributed by atoms with Crippen LogP contribution < -0.4 is 9.64 Å². The number of hydrogen-bond acceptors (Lipinski definition) is 6. The number of ketones is 2. The van der Waals surface area contributed by atoms with Crippen LogP contribution >= 0.6 is 27.5 Å². The Labute approximate surface area is 237 Å². The number of anilines is 1. The number of benzene rings is 2. The van der Waals surface area contributed by atoms with E-state index in [0.717, 1.165) is 11.1 Å². The summed E-state index contributed by atoms with van der Waals surface area (Å²) in [5, 5.41) is 9.56. The average Bonchev–Trinajstić information content (AvgIpc) is 3.20. The van der Waals surface area contributed by atoms with Gasteiger partial charge in [0.25, 0.3) is 0 Å². The van der Waals surface area contributed by atoms with E-state index in [0.29, 0.717) is 34.0 Å². The number of allylic oxidation sites excluding steroid dienone is 6. The van der Waals surface area contributed by atoms with Crippen molar-refractivity contribution in [2.24, 2.45) is 17.8 Å². The third-order valence-corrected chi connectivity index (χ3v) is 8.83. The third kappa shape index (κ3) is 4.22. The molecule has 2 amide bonds. The molecule has 0 radical (unpaired) electrons. The van der Waals surface area contributed by atoms with Gasteiger partial charge in [-0.15, -0.1) is 0 Å². The molecule has 1 N–H and O–H groups in total. The summed E-state index contributed by atoms with van der Waals surface area (Å²) in [6.07, 6.45) is 3.87. The van der Waals surface area contributed by atoms with E-state index >= 15 is 0 Å². The molecule has 0 aromatic heterocycles. The van der Waals surface area contributed by atoms with Gasteiger partial charge < -0.3 is 9.84 Å². The monoisotopic (exact) mass is 607 g/mol. The minimum Gasteiger partial charge on any atom is -0.491 e. The molecule has 4 aliphatic rings. The van der Waals surface area contributed by atoms with Crippen LogP contribution in [-0.2, 0) is 19.2 Å². The van der Waals surface area contributed by atoms with Crippen LogP contribution in [0.2, 0.25) is 5.02 Å². The Morgan fingerprint density at radius 2 is 1.69 bits per heavy atom. The predicted molar refractivity (Wildman–Crippen MR) is 148 cm³/mol. The number of halogens is 2. The number of nitrogens with zero attached hydrogens (tertiary/aromatic N) is 1. The molecular formula is C30H23BrClNO6. The van der Waals surface area contributed by atoms with Crippen molar-refractivity contribution in [3.05, 3.63) is 92.5 Å². The molecular weight excluding hydrogens is 586 g/mol. The Hall–Kier alpha value is -3.33. The highest BCUT2D eigenvalue weighted by molar-refractivity contribution is 9.12. The molecule has 0 spiro atoms. The Bertz CT molecular complexity index is 1510. The van der Waals surface area contributed by atoms with Crippen LogP contribution in [0.3, 0.4) is 0 Å². The molecule has 2 aromatic carbocycles. The second-order valence-corrected chi connectivity index (χ2v) is 11.3. The normalized spacial score (nSPS) is 26.2. The number of carbonyl (C=O) groups excluding carboxylic acids is 4. The molecule has 0 unspecified atom stereocenters. The molecule has 198 valence electrons. The largest absolute Gasteiger partial charge is 0.491 e. The molecule has 1 aliphatic heterocycles. The van der Waals surface area contributed by atoms with E-state index in [1.54, 1.807) is 36.4 Å². The van der Waals surface area contributed by atoms with Crippen molar-refractivity contribution < 1.29 is 29.0 Å². The maximum atomic E-state index is 13.9. The van der Waals surface area contributed by atoms with Crippen LogP contribution in [0.15, 0.2) is 81.9 Å². The minimum absolute atomic E-state index is 0.116. The third-order valence-electron chi connectivity index (χ3n) is 7.99. The number of aliphatic hydroxyl groups excluding tert-OH is 1. The lowest BCUT2D eigenvalue weighted by molar-refractivity contribution is -0.123. The molecule has 7 nitrogen and oxygen atoms in total. The van der Waals surface area contributed by atoms with Gasteiger partial charge in [-0.3, -0.25) is 24.1 Å². The highest BCUT2D eigenvalue weighted by Crippen LogP contribution is 2.55. The maximum Gasteiger partial charge on any atom is 0.238 e. The minimum atomic E-state index is -0.649. The van der Waals surface area contributed by atoms with E-state index in [1.165, 1.54) is 11.0 Å². The lowest BCUT2D eigenvalue weighted by Gasteiger charge is -2.42. The molecule has 0 bridgehead atoms. The number of carbonyl (C=O) groups is 4. The van der Waals surface area contributed by atoms with Gasteiger partial charge in [0.05, 0.1) is 28.6 Å². The number of amides is 2. The van der Waals surface area contributed by atoms with Gasteiger partial charge in [-0.2, -0.15) is 0 Å². The second-order valence-electron chi connectivity index (χ2n) is 10.0. The van der Waals surface area contributed by atoms with E-state index in [1.807, 2.05) is 18.2 Å². The van der Waals surface area contributed by atoms with E-state index in [4.69, 9.17) is 21.4 Å². The number of fused-ring (bicyclic) bond motifs is 3. The van der Waals surface area contributed by atoms with Gasteiger partial charge in [-0.1, -0.05) is 35.4 Å². The lowest BCUT2D eigenvalue weighted by Crippen LogP contribution is -2.39. The van der Waals surface area contributed by atoms with Crippen LogP contribution in [0.25, 0.3) is 0 Å². The van der Waals surface area contributed by atoms with E-state index in [-0.39, 0.29) is 47.5 Å². The molecule has 3 aliphatic carbocycles. The zero-order valence-corrected chi connectivity index (χ0v) is 22.9. The number of imide groups is 1. The Kier molecular flexibility index (Phi) is 6.65. The molecule has 1 saturated heterocycles. The van der Waals surface area contributed by atoms with Gasteiger partial charge in [0.1, 0.15) is 12.4 Å². The quantitative estimate of drug-likeness (QED) is 0.301. The molecule has 39 heavy (non-hydrogen) atoms. The molecule has 9 heteroatoms. The molecule has 4 atom stereocenters. The fraction of sp³-hybridized carbons (Fsp3) is 0.267. The van der Waals surface area contributed by atoms with Crippen molar-refractivity contribution in [1.82, 2.24) is 0 Å². The van der Waals surface area contributed by atoms with E-state index < -0.39 is 23.7 Å². The first-order chi connectivity index (χ1) is 18.8. The predicted octanol–water partition coefficient (Wildman–Crippen LogP) is 4.68. The lowest BCUT2D eigenvalue weighted by atomic mass is 9.59. The smallest absolute Gasteiger partial charge is 0.238 e. The fourth-order valence-corrected chi connectivity index (χ4v) is 6.92. The number of rotatable bonds is 5. The summed E-state index contributed by atoms with van der Waals surface area (Å²) in [7, 11) is 0. The zero-order chi connectivity index (χ0) is 27.4. The average molecular weight is 609 g/mol. The SMILES string of the molecule is O=C1C=C(Br)C(=O)C2=C1[C@@H](c1ccc(OCCO)cc1)C1=CC[C@@H]3C(=O)N(c4ccc(Cl)cc4)C(=O)[C@@H]3[C@@H]1C2. The van der Waals surface area contributed by atoms with Gasteiger partial charge in [0.15, 0.2) is 11.6 Å². The summed E-state index contributed by atoms with van der Waals surface area (Å²) >= 11 is 9.27. The molecule has 2 aromatic rings. The van der Waals surface area contributed by atoms with Crippen molar-refractivity contribution >= 4 is 56.6 Å². The summed E-state index contributed by atoms with van der Waals surface area (Å²) in [5.74, 6) is -2.67. The number of ether oxygens (including phenoxy) is 1. The van der Waals surface area contributed by atoms with Crippen LogP contribution in [0.5, 0.6) is 5.75 Å². The number of hydrogen-bond donors (Lipinski definition) is 1. The van der Waals surface area contributed by atoms with Gasteiger partial charge >= 0.3 is 0 Å². The molecule has 1 fully saturated rings.